The molecule has 204 valence electrons. The van der Waals surface area contributed by atoms with Crippen LogP contribution >= 0.6 is 0 Å². The number of hydrogen-bond donors (Lipinski definition) is 3. The first-order chi connectivity index (χ1) is 17.0. The summed E-state index contributed by atoms with van der Waals surface area (Å²) in [5.74, 6) is -0.118. The topological polar surface area (TPSA) is 133 Å². The summed E-state index contributed by atoms with van der Waals surface area (Å²) in [6.07, 6.45) is 2.39. The third-order valence-electron chi connectivity index (χ3n) is 7.13. The van der Waals surface area contributed by atoms with Gasteiger partial charge in [0.15, 0.2) is 0 Å². The molecule has 2 fully saturated rings. The van der Waals surface area contributed by atoms with Crippen molar-refractivity contribution in [3.8, 4) is 0 Å². The van der Waals surface area contributed by atoms with E-state index in [0.29, 0.717) is 6.42 Å². The number of ether oxygens (including phenoxy) is 1. The molecule has 2 N–H and O–H groups in total. The molecule has 0 unspecified atom stereocenters. The molecule has 1 saturated carbocycles. The highest BCUT2D eigenvalue weighted by Gasteiger charge is 2.44. The average molecular weight is 550 g/mol. The zero-order valence-electron chi connectivity index (χ0n) is 20.6. The van der Waals surface area contributed by atoms with Gasteiger partial charge in [-0.3, -0.25) is 4.90 Å². The van der Waals surface area contributed by atoms with Gasteiger partial charge in [0.2, 0.25) is 0 Å². The van der Waals surface area contributed by atoms with E-state index in [-0.39, 0.29) is 43.2 Å². The lowest BCUT2D eigenvalue weighted by atomic mass is 9.82. The van der Waals surface area contributed by atoms with Crippen molar-refractivity contribution in [2.45, 2.75) is 75.6 Å². The molecule has 2 aliphatic rings. The van der Waals surface area contributed by atoms with E-state index in [0.717, 1.165) is 35.6 Å². The van der Waals surface area contributed by atoms with Gasteiger partial charge in [-0.25, -0.2) is 17.6 Å². The molecule has 1 aliphatic carbocycles. The van der Waals surface area contributed by atoms with Gasteiger partial charge in [-0.15, -0.1) is 0 Å². The van der Waals surface area contributed by atoms with Crippen LogP contribution in [0.1, 0.15) is 56.9 Å². The lowest BCUT2D eigenvalue weighted by Crippen LogP contribution is -2.52. The number of benzene rings is 1. The number of rotatable bonds is 11. The van der Waals surface area contributed by atoms with Gasteiger partial charge in [0.05, 0.1) is 18.8 Å². The Morgan fingerprint density at radius 2 is 1.97 bits per heavy atom. The first kappa shape index (κ1) is 28.8. The zero-order valence-corrected chi connectivity index (χ0v) is 22.3. The number of hydrogen-bond acceptors (Lipinski definition) is 6. The molecule has 1 amide bonds. The van der Waals surface area contributed by atoms with Crippen LogP contribution in [0.5, 0.6) is 0 Å². The van der Waals surface area contributed by atoms with Crippen molar-refractivity contribution in [3.05, 3.63) is 35.6 Å². The summed E-state index contributed by atoms with van der Waals surface area (Å²) in [5.41, 5.74) is 0.968. The fourth-order valence-corrected chi connectivity index (χ4v) is 6.78. The first-order valence-corrected chi connectivity index (χ1v) is 15.0. The highest BCUT2D eigenvalue weighted by molar-refractivity contribution is 7.87. The normalized spacial score (nSPS) is 27.1. The van der Waals surface area contributed by atoms with Crippen molar-refractivity contribution in [3.63, 3.8) is 0 Å². The summed E-state index contributed by atoms with van der Waals surface area (Å²) in [5, 5.41) is 9.76. The van der Waals surface area contributed by atoms with E-state index >= 15 is 0 Å². The first-order valence-electron chi connectivity index (χ1n) is 12.2. The monoisotopic (exact) mass is 549 g/mol. The van der Waals surface area contributed by atoms with E-state index in [1.807, 2.05) is 6.07 Å². The Bertz CT molecular complexity index is 1070. The highest BCUT2D eigenvalue weighted by Crippen LogP contribution is 2.35. The van der Waals surface area contributed by atoms with Crippen LogP contribution in [0.2, 0.25) is 0 Å². The minimum atomic E-state index is -3.95. The van der Waals surface area contributed by atoms with Crippen molar-refractivity contribution < 1.29 is 35.9 Å². The average Bonchev–Trinajstić information content (AvgIpc) is 3.11. The Labute approximate surface area is 213 Å². The van der Waals surface area contributed by atoms with Crippen molar-refractivity contribution in [2.24, 2.45) is 0 Å². The SMILES string of the molecule is C[C@@H]1C[C@H](NS(=O)(=O)N(C)CCC[SH](=O)=O)[C@H](COC2CCC(c3cccc(F)c3)CC2)N1C(=O)O. The Balaban J connectivity index is 1.59. The molecule has 3 rings (SSSR count). The Kier molecular flexibility index (Phi) is 10.1. The fourth-order valence-electron chi connectivity index (χ4n) is 5.19. The summed E-state index contributed by atoms with van der Waals surface area (Å²) in [6, 6.07) is 4.84. The lowest BCUT2D eigenvalue weighted by molar-refractivity contribution is -0.00709. The van der Waals surface area contributed by atoms with Gasteiger partial charge in [0.25, 0.3) is 10.2 Å². The predicted molar refractivity (Wildman–Crippen MR) is 133 cm³/mol. The largest absolute Gasteiger partial charge is 0.465 e. The number of carbonyl (C=O) groups is 1. The van der Waals surface area contributed by atoms with Crippen molar-refractivity contribution in [1.82, 2.24) is 13.9 Å². The molecule has 3 atom stereocenters. The van der Waals surface area contributed by atoms with Crippen LogP contribution in [0, 0.1) is 5.82 Å². The van der Waals surface area contributed by atoms with Crippen LogP contribution in [0.3, 0.4) is 0 Å². The minimum absolute atomic E-state index is 0.0271. The maximum absolute atomic E-state index is 13.6. The third kappa shape index (κ3) is 7.60. The standard InChI is InChI=1S/C23H36FN3O7S2/c1-16-13-21(25-36(32,33)26(2)11-4-12-35(30)31)22(27(16)23(28)29)15-34-20-9-7-17(8-10-20)18-5-3-6-19(24)14-18/h3,5-6,14,16-17,20-22,25,35H,4,7-13,15H2,1-2H3,(H,28,29)/t16-,17?,20?,21+,22+/m1/s1. The van der Waals surface area contributed by atoms with Crippen LogP contribution in [-0.4, -0.2) is 87.4 Å². The minimum Gasteiger partial charge on any atom is -0.465 e. The van der Waals surface area contributed by atoms with Gasteiger partial charge in [-0.05, 0) is 69.1 Å². The number of halogens is 1. The molecule has 1 aromatic carbocycles. The third-order valence-corrected chi connectivity index (χ3v) is 9.42. The second-order valence-corrected chi connectivity index (χ2v) is 12.6. The number of amides is 1. The molecule has 0 aromatic heterocycles. The summed E-state index contributed by atoms with van der Waals surface area (Å²) in [4.78, 5) is 13.2. The fraction of sp³-hybridized carbons (Fsp3) is 0.696. The number of nitrogens with one attached hydrogen (secondary N) is 1. The Morgan fingerprint density at radius 1 is 1.28 bits per heavy atom. The molecule has 1 saturated heterocycles. The second kappa shape index (κ2) is 12.6. The smallest absolute Gasteiger partial charge is 0.407 e. The van der Waals surface area contributed by atoms with E-state index in [1.165, 1.54) is 18.0 Å². The molecule has 0 radical (unpaired) electrons. The molecule has 36 heavy (non-hydrogen) atoms. The summed E-state index contributed by atoms with van der Waals surface area (Å²) in [7, 11) is -5.18. The van der Waals surface area contributed by atoms with E-state index in [2.05, 4.69) is 4.72 Å². The maximum Gasteiger partial charge on any atom is 0.407 e. The van der Waals surface area contributed by atoms with Crippen molar-refractivity contribution in [2.75, 3.05) is 26.0 Å². The number of likely N-dealkylation sites (tertiary alicyclic amines) is 1. The van der Waals surface area contributed by atoms with E-state index in [9.17, 15) is 31.1 Å². The molecule has 0 spiro atoms. The second-order valence-electron chi connectivity index (χ2n) is 9.66. The molecular weight excluding hydrogens is 513 g/mol. The number of thiol groups is 1. The molecule has 0 bridgehead atoms. The zero-order chi connectivity index (χ0) is 26.5. The Morgan fingerprint density at radius 3 is 2.58 bits per heavy atom. The number of carboxylic acid groups (broad SMARTS) is 1. The van der Waals surface area contributed by atoms with Gasteiger partial charge in [0, 0.05) is 31.4 Å². The summed E-state index contributed by atoms with van der Waals surface area (Å²) >= 11 is 0. The lowest BCUT2D eigenvalue weighted by Gasteiger charge is -2.33. The summed E-state index contributed by atoms with van der Waals surface area (Å²) < 4.78 is 70.5. The van der Waals surface area contributed by atoms with Crippen LogP contribution < -0.4 is 4.72 Å². The van der Waals surface area contributed by atoms with Crippen LogP contribution in [0.25, 0.3) is 0 Å². The quantitative estimate of drug-likeness (QED) is 0.360. The van der Waals surface area contributed by atoms with E-state index in [1.54, 1.807) is 19.1 Å². The van der Waals surface area contributed by atoms with Crippen LogP contribution in [0.15, 0.2) is 24.3 Å². The van der Waals surface area contributed by atoms with E-state index in [4.69, 9.17) is 4.74 Å². The van der Waals surface area contributed by atoms with Gasteiger partial charge in [-0.2, -0.15) is 17.4 Å². The van der Waals surface area contributed by atoms with Crippen LogP contribution in [-0.2, 0) is 25.7 Å². The summed E-state index contributed by atoms with van der Waals surface area (Å²) in [6.45, 7) is 1.81. The van der Waals surface area contributed by atoms with Gasteiger partial charge >= 0.3 is 6.09 Å². The highest BCUT2D eigenvalue weighted by atomic mass is 32.2. The van der Waals surface area contributed by atoms with Gasteiger partial charge in [0.1, 0.15) is 16.5 Å². The number of nitrogens with zero attached hydrogens (tertiary/aromatic N) is 2. The molecule has 13 heteroatoms. The van der Waals surface area contributed by atoms with Gasteiger partial charge in [-0.1, -0.05) is 12.1 Å². The molecule has 1 aromatic rings. The molecule has 10 nitrogen and oxygen atoms in total. The maximum atomic E-state index is 13.6. The molecular formula is C23H36FN3O7S2. The Hall–Kier alpha value is -1.80. The van der Waals surface area contributed by atoms with E-state index < -0.39 is 45.1 Å². The molecule has 1 heterocycles. The predicted octanol–water partition coefficient (Wildman–Crippen LogP) is 2.15. The van der Waals surface area contributed by atoms with Crippen molar-refractivity contribution in [1.29, 1.82) is 0 Å². The van der Waals surface area contributed by atoms with Gasteiger partial charge < -0.3 is 9.84 Å². The van der Waals surface area contributed by atoms with Crippen molar-refractivity contribution >= 4 is 27.0 Å². The van der Waals surface area contributed by atoms with Crippen LogP contribution in [0.4, 0.5) is 9.18 Å². The molecule has 1 aliphatic heterocycles.